The first-order chi connectivity index (χ1) is 6.96. The molecule has 1 N–H and O–H groups in total. The van der Waals surface area contributed by atoms with Gasteiger partial charge in [0.15, 0.2) is 0 Å². The number of methoxy groups -OCH3 is 1. The molecule has 3 nitrogen and oxygen atoms in total. The van der Waals surface area contributed by atoms with Gasteiger partial charge in [-0.3, -0.25) is 4.79 Å². The number of nitrogens with one attached hydrogen (secondary N) is 1. The first-order valence-corrected chi connectivity index (χ1v) is 4.97. The predicted molar refractivity (Wildman–Crippen MR) is 59.4 cm³/mol. The number of aryl methyl sites for hydroxylation is 1. The molecule has 1 aromatic rings. The van der Waals surface area contributed by atoms with E-state index in [1.54, 1.807) is 7.11 Å². The van der Waals surface area contributed by atoms with E-state index in [0.717, 1.165) is 22.6 Å². The van der Waals surface area contributed by atoms with Crippen molar-refractivity contribution in [2.75, 3.05) is 12.4 Å². The van der Waals surface area contributed by atoms with Gasteiger partial charge < -0.3 is 10.1 Å². The van der Waals surface area contributed by atoms with Gasteiger partial charge >= 0.3 is 0 Å². The summed E-state index contributed by atoms with van der Waals surface area (Å²) in [7, 11) is 1.62. The van der Waals surface area contributed by atoms with Gasteiger partial charge in [-0.2, -0.15) is 0 Å². The summed E-state index contributed by atoms with van der Waals surface area (Å²) >= 11 is 0. The molecule has 0 aromatic heterocycles. The third kappa shape index (κ3) is 1.30. The molecule has 0 saturated heterocycles. The smallest absolute Gasteiger partial charge is 0.234 e. The number of benzene rings is 1. The van der Waals surface area contributed by atoms with E-state index in [9.17, 15) is 4.79 Å². The van der Waals surface area contributed by atoms with Gasteiger partial charge in [-0.05, 0) is 38.0 Å². The van der Waals surface area contributed by atoms with Crippen LogP contribution in [-0.4, -0.2) is 13.0 Å². The Morgan fingerprint density at radius 1 is 1.33 bits per heavy atom. The molecular formula is C12H15NO2. The van der Waals surface area contributed by atoms with Crippen LogP contribution in [0.5, 0.6) is 5.75 Å². The summed E-state index contributed by atoms with van der Waals surface area (Å²) in [6, 6.07) is 3.97. The van der Waals surface area contributed by atoms with E-state index in [-0.39, 0.29) is 5.91 Å². The lowest BCUT2D eigenvalue weighted by Crippen LogP contribution is -2.26. The summed E-state index contributed by atoms with van der Waals surface area (Å²) in [4.78, 5) is 11.8. The fraction of sp³-hybridized carbons (Fsp3) is 0.417. The third-order valence-electron chi connectivity index (χ3n) is 2.95. The molecule has 3 heteroatoms. The average molecular weight is 205 g/mol. The number of hydrogen-bond acceptors (Lipinski definition) is 2. The molecule has 80 valence electrons. The number of ether oxygens (including phenoxy) is 1. The molecule has 1 aromatic carbocycles. The Balaban J connectivity index is 2.68. The number of hydrogen-bond donors (Lipinski definition) is 1. The molecule has 15 heavy (non-hydrogen) atoms. The number of fused-ring (bicyclic) bond motifs is 1. The van der Waals surface area contributed by atoms with E-state index >= 15 is 0 Å². The quantitative estimate of drug-likeness (QED) is 0.763. The van der Waals surface area contributed by atoms with Crippen LogP contribution in [0.25, 0.3) is 0 Å². The van der Waals surface area contributed by atoms with E-state index < -0.39 is 5.41 Å². The second kappa shape index (κ2) is 2.99. The van der Waals surface area contributed by atoms with E-state index in [2.05, 4.69) is 5.32 Å². The van der Waals surface area contributed by atoms with Crippen molar-refractivity contribution in [3.05, 3.63) is 23.3 Å². The maximum Gasteiger partial charge on any atom is 0.234 e. The van der Waals surface area contributed by atoms with Crippen LogP contribution in [0, 0.1) is 6.92 Å². The Kier molecular flexibility index (Phi) is 2.00. The fourth-order valence-electron chi connectivity index (χ4n) is 1.93. The minimum atomic E-state index is -0.464. The first kappa shape index (κ1) is 10.0. The summed E-state index contributed by atoms with van der Waals surface area (Å²) < 4.78 is 5.26. The molecule has 1 aliphatic rings. The molecule has 0 radical (unpaired) electrons. The number of carbonyl (C=O) groups excluding carboxylic acids is 1. The van der Waals surface area contributed by atoms with Crippen LogP contribution in [0.15, 0.2) is 12.1 Å². The first-order valence-electron chi connectivity index (χ1n) is 4.97. The summed E-state index contributed by atoms with van der Waals surface area (Å²) in [5, 5.41) is 2.87. The molecule has 1 heterocycles. The molecule has 0 fully saturated rings. The number of anilines is 1. The third-order valence-corrected chi connectivity index (χ3v) is 2.95. The monoisotopic (exact) mass is 205 g/mol. The Bertz CT molecular complexity index is 435. The van der Waals surface area contributed by atoms with Crippen molar-refractivity contribution in [2.45, 2.75) is 26.2 Å². The molecular weight excluding hydrogens is 190 g/mol. The maximum atomic E-state index is 11.8. The molecule has 1 amide bonds. The van der Waals surface area contributed by atoms with Crippen molar-refractivity contribution in [1.29, 1.82) is 0 Å². The van der Waals surface area contributed by atoms with Gasteiger partial charge in [0, 0.05) is 0 Å². The highest BCUT2D eigenvalue weighted by molar-refractivity contribution is 6.07. The largest absolute Gasteiger partial charge is 0.495 e. The lowest BCUT2D eigenvalue weighted by molar-refractivity contribution is -0.119. The highest BCUT2D eigenvalue weighted by atomic mass is 16.5. The van der Waals surface area contributed by atoms with Crippen LogP contribution in [-0.2, 0) is 10.2 Å². The van der Waals surface area contributed by atoms with Crippen molar-refractivity contribution >= 4 is 11.6 Å². The van der Waals surface area contributed by atoms with Gasteiger partial charge in [-0.1, -0.05) is 6.07 Å². The molecule has 2 rings (SSSR count). The van der Waals surface area contributed by atoms with Gasteiger partial charge in [-0.15, -0.1) is 0 Å². The Morgan fingerprint density at radius 2 is 2.00 bits per heavy atom. The molecule has 1 aliphatic heterocycles. The molecule has 0 saturated carbocycles. The zero-order valence-electron chi connectivity index (χ0n) is 9.47. The summed E-state index contributed by atoms with van der Waals surface area (Å²) in [6.45, 7) is 5.85. The Hall–Kier alpha value is -1.51. The molecule has 0 aliphatic carbocycles. The average Bonchev–Trinajstić information content (AvgIpc) is 2.39. The summed E-state index contributed by atoms with van der Waals surface area (Å²) in [5.74, 6) is 0.769. The van der Waals surface area contributed by atoms with E-state index in [0.29, 0.717) is 0 Å². The van der Waals surface area contributed by atoms with Crippen molar-refractivity contribution in [2.24, 2.45) is 0 Å². The Morgan fingerprint density at radius 3 is 2.60 bits per heavy atom. The van der Waals surface area contributed by atoms with Crippen molar-refractivity contribution in [1.82, 2.24) is 0 Å². The predicted octanol–water partition coefficient (Wildman–Crippen LogP) is 2.23. The van der Waals surface area contributed by atoms with Gasteiger partial charge in [-0.25, -0.2) is 0 Å². The molecule has 0 unspecified atom stereocenters. The van der Waals surface area contributed by atoms with E-state index in [4.69, 9.17) is 4.74 Å². The lowest BCUT2D eigenvalue weighted by atomic mass is 9.85. The maximum absolute atomic E-state index is 11.8. The van der Waals surface area contributed by atoms with Crippen LogP contribution in [0.2, 0.25) is 0 Å². The van der Waals surface area contributed by atoms with Crippen LogP contribution in [0.1, 0.15) is 25.0 Å². The van der Waals surface area contributed by atoms with E-state index in [1.165, 1.54) is 0 Å². The van der Waals surface area contributed by atoms with Gasteiger partial charge in [0.1, 0.15) is 5.75 Å². The van der Waals surface area contributed by atoms with Crippen molar-refractivity contribution in [3.63, 3.8) is 0 Å². The summed E-state index contributed by atoms with van der Waals surface area (Å²) in [6.07, 6.45) is 0. The number of amides is 1. The summed E-state index contributed by atoms with van der Waals surface area (Å²) in [5.41, 5.74) is 2.48. The molecule has 0 bridgehead atoms. The molecule has 0 spiro atoms. The lowest BCUT2D eigenvalue weighted by Gasteiger charge is -2.16. The number of rotatable bonds is 1. The van der Waals surface area contributed by atoms with Crippen molar-refractivity contribution < 1.29 is 9.53 Å². The number of carbonyl (C=O) groups is 1. The highest BCUT2D eigenvalue weighted by Gasteiger charge is 2.39. The van der Waals surface area contributed by atoms with Crippen LogP contribution in [0.3, 0.4) is 0 Å². The highest BCUT2D eigenvalue weighted by Crippen LogP contribution is 2.43. The van der Waals surface area contributed by atoms with Gasteiger partial charge in [0.25, 0.3) is 0 Å². The minimum absolute atomic E-state index is 0.0291. The standard InChI is InChI=1S/C12H15NO2/c1-7-5-8-10(9(6-7)15-4)13-11(14)12(8,2)3/h5-6H,1-4H3,(H,13,14). The van der Waals surface area contributed by atoms with Crippen LogP contribution < -0.4 is 10.1 Å². The second-order valence-electron chi connectivity index (χ2n) is 4.47. The normalized spacial score (nSPS) is 17.2. The second-order valence-corrected chi connectivity index (χ2v) is 4.47. The van der Waals surface area contributed by atoms with Crippen molar-refractivity contribution in [3.8, 4) is 5.75 Å². The topological polar surface area (TPSA) is 38.3 Å². The van der Waals surface area contributed by atoms with Crippen LogP contribution >= 0.6 is 0 Å². The van der Waals surface area contributed by atoms with E-state index in [1.807, 2.05) is 32.9 Å². The van der Waals surface area contributed by atoms with Crippen LogP contribution in [0.4, 0.5) is 5.69 Å². The SMILES string of the molecule is COc1cc(C)cc2c1NC(=O)C2(C)C. The Labute approximate surface area is 89.4 Å². The van der Waals surface area contributed by atoms with Gasteiger partial charge in [0.05, 0.1) is 18.2 Å². The van der Waals surface area contributed by atoms with Gasteiger partial charge in [0.2, 0.25) is 5.91 Å². The molecule has 0 atom stereocenters. The minimum Gasteiger partial charge on any atom is -0.495 e. The fourth-order valence-corrected chi connectivity index (χ4v) is 1.93. The zero-order valence-corrected chi connectivity index (χ0v) is 9.47. The zero-order chi connectivity index (χ0) is 11.2.